The molecule has 1 saturated heterocycles. The molecule has 0 aliphatic carbocycles. The Morgan fingerprint density at radius 2 is 2.04 bits per heavy atom. The summed E-state index contributed by atoms with van der Waals surface area (Å²) in [6.07, 6.45) is 6.64. The highest BCUT2D eigenvalue weighted by molar-refractivity contribution is 5.32. The minimum atomic E-state index is 0.181. The van der Waals surface area contributed by atoms with Gasteiger partial charge in [0.2, 0.25) is 0 Å². The lowest BCUT2D eigenvalue weighted by molar-refractivity contribution is 0.128. The molecule has 1 aromatic carbocycles. The maximum Gasteiger partial charge on any atom is 0.119 e. The monoisotopic (exact) mass is 317 g/mol. The maximum atomic E-state index is 6.13. The Morgan fingerprint density at radius 1 is 1.22 bits per heavy atom. The van der Waals surface area contributed by atoms with Crippen LogP contribution in [-0.4, -0.2) is 31.1 Å². The van der Waals surface area contributed by atoms with Crippen molar-refractivity contribution in [2.45, 2.75) is 65.2 Å². The maximum absolute atomic E-state index is 6.13. The Kier molecular flexibility index (Phi) is 6.95. The Hall–Kier alpha value is -1.02. The Bertz CT molecular complexity index is 463. The summed E-state index contributed by atoms with van der Waals surface area (Å²) in [6, 6.07) is 8.62. The molecule has 1 aliphatic rings. The smallest absolute Gasteiger partial charge is 0.119 e. The van der Waals surface area contributed by atoms with Crippen LogP contribution in [0.1, 0.15) is 65.4 Å². The van der Waals surface area contributed by atoms with E-state index in [2.05, 4.69) is 56.9 Å². The molecule has 0 N–H and O–H groups in total. The predicted molar refractivity (Wildman–Crippen MR) is 99.3 cm³/mol. The molecule has 0 saturated carbocycles. The van der Waals surface area contributed by atoms with E-state index in [0.717, 1.165) is 12.4 Å². The third-order valence-corrected chi connectivity index (χ3v) is 4.87. The molecule has 0 aromatic heterocycles. The van der Waals surface area contributed by atoms with E-state index in [1.807, 2.05) is 0 Å². The Morgan fingerprint density at radius 3 is 2.78 bits per heavy atom. The van der Waals surface area contributed by atoms with Crippen LogP contribution < -0.4 is 4.74 Å². The van der Waals surface area contributed by atoms with Crippen molar-refractivity contribution in [3.05, 3.63) is 29.8 Å². The summed E-state index contributed by atoms with van der Waals surface area (Å²) >= 11 is 0. The van der Waals surface area contributed by atoms with E-state index in [1.54, 1.807) is 0 Å². The van der Waals surface area contributed by atoms with Gasteiger partial charge in [-0.25, -0.2) is 0 Å². The molecule has 130 valence electrons. The summed E-state index contributed by atoms with van der Waals surface area (Å²) in [6.45, 7) is 13.6. The second-order valence-electron chi connectivity index (χ2n) is 8.10. The van der Waals surface area contributed by atoms with E-state index in [-0.39, 0.29) is 5.41 Å². The van der Waals surface area contributed by atoms with Crippen LogP contribution in [-0.2, 0) is 5.41 Å². The highest BCUT2D eigenvalue weighted by Gasteiger charge is 2.20. The summed E-state index contributed by atoms with van der Waals surface area (Å²) in [4.78, 5) is 2.64. The Labute approximate surface area is 143 Å². The van der Waals surface area contributed by atoms with Crippen molar-refractivity contribution in [1.82, 2.24) is 4.90 Å². The van der Waals surface area contributed by atoms with Gasteiger partial charge in [0.05, 0.1) is 6.61 Å². The fraction of sp³-hybridized carbons (Fsp3) is 0.714. The molecule has 0 bridgehead atoms. The van der Waals surface area contributed by atoms with Gasteiger partial charge >= 0.3 is 0 Å². The lowest BCUT2D eigenvalue weighted by atomic mass is 9.87. The second-order valence-corrected chi connectivity index (χ2v) is 8.10. The van der Waals surface area contributed by atoms with E-state index in [0.29, 0.717) is 5.92 Å². The normalized spacial score (nSPS) is 19.7. The van der Waals surface area contributed by atoms with E-state index >= 15 is 0 Å². The number of likely N-dealkylation sites (tertiary alicyclic amines) is 1. The molecule has 0 spiro atoms. The Balaban J connectivity index is 1.81. The SMILES string of the molecule is CCCCCN1CCCC(COc2cccc(C(C)(C)C)c2)C1. The number of ether oxygens (including phenoxy) is 1. The summed E-state index contributed by atoms with van der Waals surface area (Å²) in [5.74, 6) is 1.71. The molecular formula is C21H35NO. The van der Waals surface area contributed by atoms with Crippen molar-refractivity contribution in [3.63, 3.8) is 0 Å². The van der Waals surface area contributed by atoms with Crippen molar-refractivity contribution in [3.8, 4) is 5.75 Å². The first-order valence-electron chi connectivity index (χ1n) is 9.44. The van der Waals surface area contributed by atoms with Gasteiger partial charge in [0.15, 0.2) is 0 Å². The molecule has 0 radical (unpaired) electrons. The standard InChI is InChI=1S/C21H35NO/c1-5-6-7-13-22-14-9-10-18(16-22)17-23-20-12-8-11-19(15-20)21(2,3)4/h8,11-12,15,18H,5-7,9-10,13-14,16-17H2,1-4H3. The lowest BCUT2D eigenvalue weighted by Gasteiger charge is -2.32. The van der Waals surface area contributed by atoms with Gasteiger partial charge in [-0.05, 0) is 55.5 Å². The zero-order valence-corrected chi connectivity index (χ0v) is 15.6. The van der Waals surface area contributed by atoms with Gasteiger partial charge in [0, 0.05) is 12.5 Å². The van der Waals surface area contributed by atoms with E-state index < -0.39 is 0 Å². The first-order chi connectivity index (χ1) is 11.0. The number of benzene rings is 1. The van der Waals surface area contributed by atoms with Gasteiger partial charge < -0.3 is 9.64 Å². The number of piperidine rings is 1. The predicted octanol–water partition coefficient (Wildman–Crippen LogP) is 5.27. The molecule has 1 aromatic rings. The molecule has 2 nitrogen and oxygen atoms in total. The number of unbranched alkanes of at least 4 members (excludes halogenated alkanes) is 2. The van der Waals surface area contributed by atoms with Crippen molar-refractivity contribution in [1.29, 1.82) is 0 Å². The van der Waals surface area contributed by atoms with Crippen LogP contribution in [0.4, 0.5) is 0 Å². The van der Waals surface area contributed by atoms with Gasteiger partial charge in [-0.2, -0.15) is 0 Å². The van der Waals surface area contributed by atoms with Crippen molar-refractivity contribution in [2.75, 3.05) is 26.2 Å². The molecule has 1 aliphatic heterocycles. The van der Waals surface area contributed by atoms with Gasteiger partial charge in [0.25, 0.3) is 0 Å². The molecular weight excluding hydrogens is 282 g/mol. The molecule has 1 atom stereocenters. The average molecular weight is 318 g/mol. The topological polar surface area (TPSA) is 12.5 Å². The third-order valence-electron chi connectivity index (χ3n) is 4.87. The van der Waals surface area contributed by atoms with Crippen molar-refractivity contribution in [2.24, 2.45) is 5.92 Å². The molecule has 1 unspecified atom stereocenters. The van der Waals surface area contributed by atoms with E-state index in [1.165, 1.54) is 57.3 Å². The van der Waals surface area contributed by atoms with Gasteiger partial charge in [-0.15, -0.1) is 0 Å². The van der Waals surface area contributed by atoms with Crippen molar-refractivity contribution >= 4 is 0 Å². The third kappa shape index (κ3) is 6.18. The average Bonchev–Trinajstić information content (AvgIpc) is 2.53. The number of hydrogen-bond acceptors (Lipinski definition) is 2. The molecule has 2 rings (SSSR count). The van der Waals surface area contributed by atoms with Crippen molar-refractivity contribution < 1.29 is 4.74 Å². The lowest BCUT2D eigenvalue weighted by Crippen LogP contribution is -2.38. The largest absolute Gasteiger partial charge is 0.493 e. The first-order valence-corrected chi connectivity index (χ1v) is 9.44. The van der Waals surface area contributed by atoms with Crippen LogP contribution in [0.25, 0.3) is 0 Å². The molecule has 2 heteroatoms. The summed E-state index contributed by atoms with van der Waals surface area (Å²) in [5, 5.41) is 0. The zero-order valence-electron chi connectivity index (χ0n) is 15.6. The van der Waals surface area contributed by atoms with Crippen LogP contribution in [0, 0.1) is 5.92 Å². The molecule has 23 heavy (non-hydrogen) atoms. The van der Waals surface area contributed by atoms with Crippen LogP contribution in [0.5, 0.6) is 5.75 Å². The van der Waals surface area contributed by atoms with Crippen LogP contribution >= 0.6 is 0 Å². The second kappa shape index (κ2) is 8.73. The highest BCUT2D eigenvalue weighted by Crippen LogP contribution is 2.26. The highest BCUT2D eigenvalue weighted by atomic mass is 16.5. The number of rotatable bonds is 7. The quantitative estimate of drug-likeness (QED) is 0.636. The number of nitrogens with zero attached hydrogens (tertiary/aromatic N) is 1. The summed E-state index contributed by atoms with van der Waals surface area (Å²) in [7, 11) is 0. The fourth-order valence-corrected chi connectivity index (χ4v) is 3.34. The van der Waals surface area contributed by atoms with Gasteiger partial charge in [-0.3, -0.25) is 0 Å². The zero-order chi connectivity index (χ0) is 16.7. The summed E-state index contributed by atoms with van der Waals surface area (Å²) in [5.41, 5.74) is 1.53. The van der Waals surface area contributed by atoms with Crippen LogP contribution in [0.2, 0.25) is 0 Å². The number of hydrogen-bond donors (Lipinski definition) is 0. The minimum absolute atomic E-state index is 0.181. The van der Waals surface area contributed by atoms with Gasteiger partial charge in [-0.1, -0.05) is 52.7 Å². The molecule has 1 heterocycles. The van der Waals surface area contributed by atoms with Crippen LogP contribution in [0.3, 0.4) is 0 Å². The first kappa shape index (κ1) is 18.3. The fourth-order valence-electron chi connectivity index (χ4n) is 3.34. The van der Waals surface area contributed by atoms with E-state index in [4.69, 9.17) is 4.74 Å². The van der Waals surface area contributed by atoms with E-state index in [9.17, 15) is 0 Å². The molecule has 0 amide bonds. The summed E-state index contributed by atoms with van der Waals surface area (Å²) < 4.78 is 6.13. The minimum Gasteiger partial charge on any atom is -0.493 e. The van der Waals surface area contributed by atoms with Gasteiger partial charge in [0.1, 0.15) is 5.75 Å². The van der Waals surface area contributed by atoms with Crippen LogP contribution in [0.15, 0.2) is 24.3 Å². The molecule has 1 fully saturated rings.